The molecule has 2 N–H and O–H groups in total. The van der Waals surface area contributed by atoms with Crippen LogP contribution in [0.15, 0.2) is 18.2 Å². The van der Waals surface area contributed by atoms with Crippen molar-refractivity contribution >= 4 is 17.3 Å². The number of nitrogens with zero attached hydrogens (tertiary/aromatic N) is 1. The van der Waals surface area contributed by atoms with Crippen LogP contribution in [-0.2, 0) is 9.53 Å². The van der Waals surface area contributed by atoms with Crippen molar-refractivity contribution < 1.29 is 9.53 Å². The molecule has 0 fully saturated rings. The average Bonchev–Trinajstić information content (AvgIpc) is 2.40. The number of hydrogen-bond donors (Lipinski definition) is 2. The monoisotopic (exact) mass is 279 g/mol. The lowest BCUT2D eigenvalue weighted by atomic mass is 10.1. The predicted molar refractivity (Wildman–Crippen MR) is 83.5 cm³/mol. The molecule has 20 heavy (non-hydrogen) atoms. The lowest BCUT2D eigenvalue weighted by Gasteiger charge is -2.19. The van der Waals surface area contributed by atoms with Crippen molar-refractivity contribution in [2.75, 3.05) is 44.6 Å². The van der Waals surface area contributed by atoms with Gasteiger partial charge in [0.25, 0.3) is 0 Å². The van der Waals surface area contributed by atoms with Gasteiger partial charge >= 0.3 is 0 Å². The highest BCUT2D eigenvalue weighted by molar-refractivity contribution is 5.84. The van der Waals surface area contributed by atoms with Gasteiger partial charge in [-0.2, -0.15) is 0 Å². The van der Waals surface area contributed by atoms with Crippen LogP contribution in [0, 0.1) is 6.92 Å². The number of nitrogens with one attached hydrogen (secondary N) is 2. The zero-order chi connectivity index (χ0) is 15.1. The first-order chi connectivity index (χ1) is 9.45. The third-order valence-electron chi connectivity index (χ3n) is 3.07. The molecule has 112 valence electrons. The highest BCUT2D eigenvalue weighted by Gasteiger charge is 2.12. The van der Waals surface area contributed by atoms with Gasteiger partial charge in [0.2, 0.25) is 5.91 Å². The number of ether oxygens (including phenoxy) is 1. The van der Waals surface area contributed by atoms with Crippen molar-refractivity contribution in [2.45, 2.75) is 19.9 Å². The van der Waals surface area contributed by atoms with Crippen molar-refractivity contribution in [2.24, 2.45) is 0 Å². The van der Waals surface area contributed by atoms with Crippen molar-refractivity contribution in [1.29, 1.82) is 0 Å². The number of methoxy groups -OCH3 is 1. The first-order valence-corrected chi connectivity index (χ1v) is 6.77. The molecular weight excluding hydrogens is 254 g/mol. The Hall–Kier alpha value is -1.75. The summed E-state index contributed by atoms with van der Waals surface area (Å²) in [5.41, 5.74) is 3.29. The van der Waals surface area contributed by atoms with E-state index < -0.39 is 0 Å². The smallest absolute Gasteiger partial charge is 0.242 e. The minimum atomic E-state index is -0.287. The molecule has 0 bridgehead atoms. The summed E-state index contributed by atoms with van der Waals surface area (Å²) in [7, 11) is 5.63. The van der Waals surface area contributed by atoms with Crippen LogP contribution in [0.5, 0.6) is 0 Å². The van der Waals surface area contributed by atoms with Crippen LogP contribution in [0.4, 0.5) is 11.4 Å². The Bertz CT molecular complexity index is 447. The average molecular weight is 279 g/mol. The Balaban J connectivity index is 2.63. The number of benzene rings is 1. The Morgan fingerprint density at radius 1 is 1.40 bits per heavy atom. The quantitative estimate of drug-likeness (QED) is 0.745. The summed E-state index contributed by atoms with van der Waals surface area (Å²) in [6.07, 6.45) is 0. The second kappa shape index (κ2) is 7.75. The van der Waals surface area contributed by atoms with Gasteiger partial charge in [-0.25, -0.2) is 0 Å². The molecule has 5 nitrogen and oxygen atoms in total. The Labute approximate surface area is 121 Å². The molecule has 1 unspecified atom stereocenters. The van der Waals surface area contributed by atoms with Crippen LogP contribution in [-0.4, -0.2) is 46.3 Å². The summed E-state index contributed by atoms with van der Waals surface area (Å²) >= 11 is 0. The van der Waals surface area contributed by atoms with E-state index >= 15 is 0 Å². The molecule has 0 spiro atoms. The maximum absolute atomic E-state index is 11.9. The van der Waals surface area contributed by atoms with Crippen LogP contribution in [0.25, 0.3) is 0 Å². The Kier molecular flexibility index (Phi) is 6.31. The number of carbonyl (C=O) groups excluding carboxylic acids is 1. The van der Waals surface area contributed by atoms with Gasteiger partial charge in [0.1, 0.15) is 6.04 Å². The summed E-state index contributed by atoms with van der Waals surface area (Å²) < 4.78 is 4.90. The van der Waals surface area contributed by atoms with Gasteiger partial charge in [-0.05, 0) is 31.5 Å². The normalized spacial score (nSPS) is 11.8. The maximum Gasteiger partial charge on any atom is 0.242 e. The molecule has 1 aromatic rings. The third kappa shape index (κ3) is 4.74. The highest BCUT2D eigenvalue weighted by Crippen LogP contribution is 2.22. The highest BCUT2D eigenvalue weighted by atomic mass is 16.5. The second-order valence-corrected chi connectivity index (χ2v) is 5.05. The molecule has 1 amide bonds. The minimum absolute atomic E-state index is 0.0333. The fourth-order valence-electron chi connectivity index (χ4n) is 1.93. The first kappa shape index (κ1) is 16.3. The van der Waals surface area contributed by atoms with Crippen molar-refractivity contribution in [1.82, 2.24) is 5.32 Å². The summed E-state index contributed by atoms with van der Waals surface area (Å²) in [5.74, 6) is -0.0333. The van der Waals surface area contributed by atoms with Crippen molar-refractivity contribution in [3.8, 4) is 0 Å². The molecule has 1 rings (SSSR count). The van der Waals surface area contributed by atoms with Gasteiger partial charge in [0.05, 0.1) is 6.61 Å². The fraction of sp³-hybridized carbons (Fsp3) is 0.533. The third-order valence-corrected chi connectivity index (χ3v) is 3.07. The van der Waals surface area contributed by atoms with Gasteiger partial charge in [-0.15, -0.1) is 0 Å². The van der Waals surface area contributed by atoms with Crippen LogP contribution >= 0.6 is 0 Å². The van der Waals surface area contributed by atoms with E-state index in [0.29, 0.717) is 13.2 Å². The van der Waals surface area contributed by atoms with Crippen molar-refractivity contribution in [3.05, 3.63) is 23.8 Å². The topological polar surface area (TPSA) is 53.6 Å². The molecule has 0 aliphatic rings. The van der Waals surface area contributed by atoms with Gasteiger partial charge in [0.15, 0.2) is 0 Å². The molecule has 5 heteroatoms. The van der Waals surface area contributed by atoms with E-state index in [0.717, 1.165) is 11.4 Å². The SMILES string of the molecule is COCCNC(=O)C(C)Nc1ccc(C)c(N(C)C)c1. The van der Waals surface area contributed by atoms with Gasteiger partial charge < -0.3 is 20.3 Å². The molecule has 0 radical (unpaired) electrons. The first-order valence-electron chi connectivity index (χ1n) is 6.77. The lowest BCUT2D eigenvalue weighted by molar-refractivity contribution is -0.121. The summed E-state index contributed by atoms with van der Waals surface area (Å²) in [6, 6.07) is 5.80. The molecule has 1 aromatic carbocycles. The standard InChI is InChI=1S/C15H25N3O2/c1-11-6-7-13(10-14(11)18(3)4)17-12(2)15(19)16-8-9-20-5/h6-7,10,12,17H,8-9H2,1-5H3,(H,16,19). The largest absolute Gasteiger partial charge is 0.383 e. The molecule has 0 aliphatic carbocycles. The number of carbonyl (C=O) groups is 1. The van der Waals surface area contributed by atoms with E-state index in [-0.39, 0.29) is 11.9 Å². The number of amides is 1. The van der Waals surface area contributed by atoms with Gasteiger partial charge in [0, 0.05) is 39.1 Å². The second-order valence-electron chi connectivity index (χ2n) is 5.05. The number of rotatable bonds is 7. The van der Waals surface area contributed by atoms with Crippen LogP contribution in [0.3, 0.4) is 0 Å². The summed E-state index contributed by atoms with van der Waals surface area (Å²) in [6.45, 7) is 4.96. The van der Waals surface area contributed by atoms with Crippen molar-refractivity contribution in [3.63, 3.8) is 0 Å². The summed E-state index contributed by atoms with van der Waals surface area (Å²) in [5, 5.41) is 6.03. The van der Waals surface area contributed by atoms with E-state index in [9.17, 15) is 4.79 Å². The van der Waals surface area contributed by atoms with E-state index in [1.807, 2.05) is 39.2 Å². The fourth-order valence-corrected chi connectivity index (χ4v) is 1.93. The van der Waals surface area contributed by atoms with Gasteiger partial charge in [-0.1, -0.05) is 6.07 Å². The zero-order valence-electron chi connectivity index (χ0n) is 13.0. The number of aryl methyl sites for hydroxylation is 1. The molecule has 0 saturated heterocycles. The maximum atomic E-state index is 11.9. The molecule has 1 atom stereocenters. The lowest BCUT2D eigenvalue weighted by Crippen LogP contribution is -2.39. The predicted octanol–water partition coefficient (Wildman–Crippen LogP) is 1.62. The molecular formula is C15H25N3O2. The van der Waals surface area contributed by atoms with Crippen LogP contribution in [0.2, 0.25) is 0 Å². The Morgan fingerprint density at radius 2 is 2.10 bits per heavy atom. The van der Waals surface area contributed by atoms with Gasteiger partial charge in [-0.3, -0.25) is 4.79 Å². The van der Waals surface area contributed by atoms with E-state index in [1.54, 1.807) is 7.11 Å². The molecule has 0 aliphatic heterocycles. The molecule has 0 heterocycles. The molecule has 0 aromatic heterocycles. The number of hydrogen-bond acceptors (Lipinski definition) is 4. The van der Waals surface area contributed by atoms with E-state index in [2.05, 4.69) is 22.5 Å². The number of anilines is 2. The van der Waals surface area contributed by atoms with E-state index in [1.165, 1.54) is 5.56 Å². The molecule has 0 saturated carbocycles. The Morgan fingerprint density at radius 3 is 2.70 bits per heavy atom. The summed E-state index contributed by atoms with van der Waals surface area (Å²) in [4.78, 5) is 13.9. The minimum Gasteiger partial charge on any atom is -0.383 e. The zero-order valence-corrected chi connectivity index (χ0v) is 13.0. The van der Waals surface area contributed by atoms with Crippen LogP contribution in [0.1, 0.15) is 12.5 Å². The van der Waals surface area contributed by atoms with Crippen LogP contribution < -0.4 is 15.5 Å². The van der Waals surface area contributed by atoms with E-state index in [4.69, 9.17) is 4.74 Å².